The standard InChI is InChI=1S/C20H29NO2/c1-2-7-16-10-12-17(13-11-16)19(22)14-15-20(23)21-18-8-5-3-4-6-9-18/h10-13,18H,2-9,14-15H2,1H3,(H,21,23). The molecular formula is C20H29NO2. The molecule has 1 amide bonds. The molecule has 0 saturated heterocycles. The molecule has 1 fully saturated rings. The Morgan fingerprint density at radius 3 is 2.26 bits per heavy atom. The van der Waals surface area contributed by atoms with E-state index in [0.717, 1.165) is 25.7 Å². The van der Waals surface area contributed by atoms with Crippen LogP contribution in [0.1, 0.15) is 80.6 Å². The van der Waals surface area contributed by atoms with Gasteiger partial charge in [0.05, 0.1) is 0 Å². The zero-order valence-corrected chi connectivity index (χ0v) is 14.3. The molecule has 3 nitrogen and oxygen atoms in total. The molecule has 1 aromatic carbocycles. The average Bonchev–Trinajstić information content (AvgIpc) is 2.82. The van der Waals surface area contributed by atoms with E-state index in [0.29, 0.717) is 24.4 Å². The third-order valence-corrected chi connectivity index (χ3v) is 4.61. The second kappa shape index (κ2) is 9.49. The molecule has 0 spiro atoms. The number of hydrogen-bond acceptors (Lipinski definition) is 2. The van der Waals surface area contributed by atoms with E-state index in [1.54, 1.807) is 0 Å². The Hall–Kier alpha value is -1.64. The van der Waals surface area contributed by atoms with Crippen LogP contribution in [0.2, 0.25) is 0 Å². The first kappa shape index (κ1) is 17.7. The minimum Gasteiger partial charge on any atom is -0.353 e. The van der Waals surface area contributed by atoms with Crippen molar-refractivity contribution in [1.82, 2.24) is 5.32 Å². The molecule has 1 aliphatic rings. The molecule has 23 heavy (non-hydrogen) atoms. The van der Waals surface area contributed by atoms with Crippen molar-refractivity contribution in [2.45, 2.75) is 77.2 Å². The van der Waals surface area contributed by atoms with Gasteiger partial charge in [0.1, 0.15) is 0 Å². The van der Waals surface area contributed by atoms with Crippen LogP contribution in [0.15, 0.2) is 24.3 Å². The normalized spacial score (nSPS) is 15.9. The van der Waals surface area contributed by atoms with E-state index in [1.165, 1.54) is 31.2 Å². The maximum atomic E-state index is 12.2. The Labute approximate surface area is 139 Å². The monoisotopic (exact) mass is 315 g/mol. The third kappa shape index (κ3) is 6.17. The minimum absolute atomic E-state index is 0.0212. The highest BCUT2D eigenvalue weighted by Crippen LogP contribution is 2.17. The lowest BCUT2D eigenvalue weighted by atomic mass is 10.0. The van der Waals surface area contributed by atoms with Gasteiger partial charge in [-0.15, -0.1) is 0 Å². The molecule has 1 aliphatic carbocycles. The van der Waals surface area contributed by atoms with Crippen molar-refractivity contribution in [2.75, 3.05) is 0 Å². The maximum absolute atomic E-state index is 12.2. The minimum atomic E-state index is 0.0212. The zero-order valence-electron chi connectivity index (χ0n) is 14.3. The summed E-state index contributed by atoms with van der Waals surface area (Å²) in [4.78, 5) is 24.2. The molecular weight excluding hydrogens is 286 g/mol. The van der Waals surface area contributed by atoms with Gasteiger partial charge in [0.25, 0.3) is 0 Å². The van der Waals surface area contributed by atoms with Crippen LogP contribution in [-0.2, 0) is 11.2 Å². The summed E-state index contributed by atoms with van der Waals surface area (Å²) < 4.78 is 0. The fourth-order valence-corrected chi connectivity index (χ4v) is 3.24. The molecule has 0 radical (unpaired) electrons. The predicted molar refractivity (Wildman–Crippen MR) is 93.6 cm³/mol. The van der Waals surface area contributed by atoms with Crippen molar-refractivity contribution in [1.29, 1.82) is 0 Å². The first-order valence-electron chi connectivity index (χ1n) is 9.10. The molecule has 0 heterocycles. The number of Topliss-reactive ketones (excluding diaryl/α,β-unsaturated/α-hetero) is 1. The van der Waals surface area contributed by atoms with Gasteiger partial charge in [-0.2, -0.15) is 0 Å². The maximum Gasteiger partial charge on any atom is 0.220 e. The Balaban J connectivity index is 1.75. The van der Waals surface area contributed by atoms with Crippen LogP contribution in [0.3, 0.4) is 0 Å². The van der Waals surface area contributed by atoms with Crippen LogP contribution in [-0.4, -0.2) is 17.7 Å². The van der Waals surface area contributed by atoms with Gasteiger partial charge in [0.2, 0.25) is 5.91 Å². The number of benzene rings is 1. The molecule has 0 unspecified atom stereocenters. The Kier molecular flexibility index (Phi) is 7.31. The van der Waals surface area contributed by atoms with Crippen LogP contribution in [0, 0.1) is 0 Å². The van der Waals surface area contributed by atoms with Gasteiger partial charge in [-0.1, -0.05) is 63.3 Å². The molecule has 2 rings (SSSR count). The topological polar surface area (TPSA) is 46.2 Å². The highest BCUT2D eigenvalue weighted by molar-refractivity contribution is 5.98. The van der Waals surface area contributed by atoms with Crippen LogP contribution >= 0.6 is 0 Å². The molecule has 1 N–H and O–H groups in total. The lowest BCUT2D eigenvalue weighted by Crippen LogP contribution is -2.34. The number of hydrogen-bond donors (Lipinski definition) is 1. The van der Waals surface area contributed by atoms with Crippen molar-refractivity contribution in [3.63, 3.8) is 0 Å². The van der Waals surface area contributed by atoms with Gasteiger partial charge in [-0.25, -0.2) is 0 Å². The lowest BCUT2D eigenvalue weighted by molar-refractivity contribution is -0.121. The van der Waals surface area contributed by atoms with Gasteiger partial charge in [0.15, 0.2) is 5.78 Å². The van der Waals surface area contributed by atoms with Gasteiger partial charge in [-0.3, -0.25) is 9.59 Å². The number of carbonyl (C=O) groups excluding carboxylic acids is 2. The summed E-state index contributed by atoms with van der Waals surface area (Å²) in [5.41, 5.74) is 1.97. The van der Waals surface area contributed by atoms with E-state index < -0.39 is 0 Å². The molecule has 0 aliphatic heterocycles. The second-order valence-corrected chi connectivity index (χ2v) is 6.63. The van der Waals surface area contributed by atoms with Gasteiger partial charge >= 0.3 is 0 Å². The zero-order chi connectivity index (χ0) is 16.5. The average molecular weight is 315 g/mol. The Bertz CT molecular complexity index is 499. The SMILES string of the molecule is CCCc1ccc(C(=O)CCC(=O)NC2CCCCCC2)cc1. The summed E-state index contributed by atoms with van der Waals surface area (Å²) in [5, 5.41) is 3.10. The quantitative estimate of drug-likeness (QED) is 0.597. The fourth-order valence-electron chi connectivity index (χ4n) is 3.24. The van der Waals surface area contributed by atoms with E-state index in [9.17, 15) is 9.59 Å². The van der Waals surface area contributed by atoms with E-state index in [4.69, 9.17) is 0 Å². The van der Waals surface area contributed by atoms with Crippen LogP contribution < -0.4 is 5.32 Å². The van der Waals surface area contributed by atoms with Crippen molar-refractivity contribution in [2.24, 2.45) is 0 Å². The largest absolute Gasteiger partial charge is 0.353 e. The molecule has 1 saturated carbocycles. The number of amides is 1. The molecule has 126 valence electrons. The summed E-state index contributed by atoms with van der Waals surface area (Å²) in [6.45, 7) is 2.14. The van der Waals surface area contributed by atoms with Gasteiger partial charge in [0, 0.05) is 24.4 Å². The van der Waals surface area contributed by atoms with Crippen LogP contribution in [0.4, 0.5) is 0 Å². The van der Waals surface area contributed by atoms with E-state index in [2.05, 4.69) is 12.2 Å². The van der Waals surface area contributed by atoms with Crippen LogP contribution in [0.25, 0.3) is 0 Å². The summed E-state index contributed by atoms with van der Waals surface area (Å²) in [5.74, 6) is 0.0805. The molecule has 0 aromatic heterocycles. The number of ketones is 1. The van der Waals surface area contributed by atoms with Crippen molar-refractivity contribution >= 4 is 11.7 Å². The molecule has 1 aromatic rings. The highest BCUT2D eigenvalue weighted by atomic mass is 16.2. The van der Waals surface area contributed by atoms with Crippen molar-refractivity contribution in [3.8, 4) is 0 Å². The second-order valence-electron chi connectivity index (χ2n) is 6.63. The Morgan fingerprint density at radius 2 is 1.65 bits per heavy atom. The summed E-state index contributed by atoms with van der Waals surface area (Å²) in [6.07, 6.45) is 9.86. The predicted octanol–water partition coefficient (Wildman–Crippen LogP) is 4.44. The summed E-state index contributed by atoms with van der Waals surface area (Å²) in [6, 6.07) is 8.12. The molecule has 0 bridgehead atoms. The number of aryl methyl sites for hydroxylation is 1. The van der Waals surface area contributed by atoms with E-state index in [1.807, 2.05) is 24.3 Å². The fraction of sp³-hybridized carbons (Fsp3) is 0.600. The van der Waals surface area contributed by atoms with E-state index >= 15 is 0 Å². The van der Waals surface area contributed by atoms with Crippen molar-refractivity contribution < 1.29 is 9.59 Å². The molecule has 0 atom stereocenters. The number of nitrogens with one attached hydrogen (secondary N) is 1. The van der Waals surface area contributed by atoms with Crippen molar-refractivity contribution in [3.05, 3.63) is 35.4 Å². The van der Waals surface area contributed by atoms with Gasteiger partial charge < -0.3 is 5.32 Å². The third-order valence-electron chi connectivity index (χ3n) is 4.61. The van der Waals surface area contributed by atoms with Gasteiger partial charge in [-0.05, 0) is 24.8 Å². The Morgan fingerprint density at radius 1 is 1.00 bits per heavy atom. The van der Waals surface area contributed by atoms with Crippen LogP contribution in [0.5, 0.6) is 0 Å². The summed E-state index contributed by atoms with van der Waals surface area (Å²) in [7, 11) is 0. The lowest BCUT2D eigenvalue weighted by Gasteiger charge is -2.16. The van der Waals surface area contributed by atoms with E-state index in [-0.39, 0.29) is 11.7 Å². The highest BCUT2D eigenvalue weighted by Gasteiger charge is 2.15. The summed E-state index contributed by atoms with van der Waals surface area (Å²) >= 11 is 0. The number of rotatable bonds is 7. The molecule has 3 heteroatoms. The first-order valence-corrected chi connectivity index (χ1v) is 9.10. The smallest absolute Gasteiger partial charge is 0.220 e. The number of carbonyl (C=O) groups is 2. The first-order chi connectivity index (χ1) is 11.2.